The minimum atomic E-state index is -0.594. The smallest absolute Gasteiger partial charge is 0.246 e. The number of carbonyl (C=O) groups excluding carboxylic acids is 3. The van der Waals surface area contributed by atoms with Crippen molar-refractivity contribution in [3.8, 4) is 0 Å². The highest BCUT2D eigenvalue weighted by atomic mass is 32.1. The van der Waals surface area contributed by atoms with Gasteiger partial charge in [0, 0.05) is 49.9 Å². The molecule has 1 spiro atoms. The number of amides is 3. The fourth-order valence-electron chi connectivity index (χ4n) is 4.88. The van der Waals surface area contributed by atoms with Crippen LogP contribution in [0.3, 0.4) is 0 Å². The summed E-state index contributed by atoms with van der Waals surface area (Å²) in [6.45, 7) is 1.90. The van der Waals surface area contributed by atoms with Gasteiger partial charge in [-0.15, -0.1) is 11.3 Å². The van der Waals surface area contributed by atoms with Gasteiger partial charge in [-0.05, 0) is 61.4 Å². The summed E-state index contributed by atoms with van der Waals surface area (Å²) >= 11 is 1.62. The summed E-state index contributed by atoms with van der Waals surface area (Å²) in [5.41, 5.74) is 2.50. The minimum Gasteiger partial charge on any atom is -0.356 e. The van der Waals surface area contributed by atoms with E-state index in [0.29, 0.717) is 51.1 Å². The normalized spacial score (nSPS) is 22.8. The zero-order valence-corrected chi connectivity index (χ0v) is 19.7. The van der Waals surface area contributed by atoms with Gasteiger partial charge in [-0.2, -0.15) is 0 Å². The van der Waals surface area contributed by atoms with Crippen LogP contribution in [0.25, 0.3) is 12.2 Å². The van der Waals surface area contributed by atoms with E-state index in [-0.39, 0.29) is 17.7 Å². The third-order valence-electron chi connectivity index (χ3n) is 6.90. The molecule has 9 heteroatoms. The number of fused-ring (bicyclic) bond motifs is 1. The van der Waals surface area contributed by atoms with Gasteiger partial charge in [0.05, 0.1) is 5.41 Å². The summed E-state index contributed by atoms with van der Waals surface area (Å²) < 4.78 is 0. The number of hydrogen-bond donors (Lipinski definition) is 2. The van der Waals surface area contributed by atoms with E-state index in [1.54, 1.807) is 35.9 Å². The van der Waals surface area contributed by atoms with Crippen LogP contribution in [0.2, 0.25) is 0 Å². The molecule has 5 rings (SSSR count). The summed E-state index contributed by atoms with van der Waals surface area (Å²) in [7, 11) is 0. The number of anilines is 1. The zero-order chi connectivity index (χ0) is 23.5. The van der Waals surface area contributed by atoms with E-state index in [9.17, 15) is 14.4 Å². The van der Waals surface area contributed by atoms with Crippen molar-refractivity contribution in [1.29, 1.82) is 0 Å². The van der Waals surface area contributed by atoms with E-state index in [0.717, 1.165) is 29.0 Å². The molecule has 2 saturated heterocycles. The first-order chi connectivity index (χ1) is 16.5. The van der Waals surface area contributed by atoms with Crippen LogP contribution in [0.1, 0.15) is 48.2 Å². The number of nitrogens with zero attached hydrogens (tertiary/aromatic N) is 3. The number of likely N-dealkylation sites (tertiary alicyclic amines) is 1. The molecule has 34 heavy (non-hydrogen) atoms. The van der Waals surface area contributed by atoms with E-state index in [1.807, 2.05) is 16.3 Å². The quantitative estimate of drug-likeness (QED) is 0.662. The Labute approximate surface area is 202 Å². The van der Waals surface area contributed by atoms with Gasteiger partial charge in [0.1, 0.15) is 10.8 Å². The molecule has 2 aromatic heterocycles. The second kappa shape index (κ2) is 9.50. The van der Waals surface area contributed by atoms with Crippen LogP contribution in [0, 0.1) is 5.41 Å². The molecule has 5 heterocycles. The maximum Gasteiger partial charge on any atom is 0.246 e. The molecule has 2 N–H and O–H groups in total. The van der Waals surface area contributed by atoms with Crippen LogP contribution < -0.4 is 10.6 Å². The molecule has 1 atom stereocenters. The second-order valence-electron chi connectivity index (χ2n) is 9.12. The van der Waals surface area contributed by atoms with Crippen LogP contribution in [0.15, 0.2) is 35.5 Å². The first-order valence-corrected chi connectivity index (χ1v) is 12.5. The molecule has 3 aliphatic heterocycles. The monoisotopic (exact) mass is 477 g/mol. The zero-order valence-electron chi connectivity index (χ0n) is 18.9. The second-order valence-corrected chi connectivity index (χ2v) is 10.0. The molecule has 0 radical (unpaired) electrons. The maximum atomic E-state index is 12.8. The summed E-state index contributed by atoms with van der Waals surface area (Å²) in [5.74, 6) is 0.491. The van der Waals surface area contributed by atoms with Crippen molar-refractivity contribution in [3.63, 3.8) is 0 Å². The van der Waals surface area contributed by atoms with E-state index >= 15 is 0 Å². The molecule has 2 aromatic rings. The Hall–Kier alpha value is -3.33. The molecule has 3 aliphatic rings. The number of aromatic nitrogens is 2. The maximum absolute atomic E-state index is 12.8. The van der Waals surface area contributed by atoms with Gasteiger partial charge in [0.15, 0.2) is 0 Å². The Morgan fingerprint density at radius 2 is 2.00 bits per heavy atom. The largest absolute Gasteiger partial charge is 0.356 e. The third kappa shape index (κ3) is 4.79. The van der Waals surface area contributed by atoms with Crippen LogP contribution >= 0.6 is 11.3 Å². The van der Waals surface area contributed by atoms with Crippen molar-refractivity contribution in [2.45, 2.75) is 38.5 Å². The molecular formula is C25H27N5O3S. The molecule has 0 bridgehead atoms. The van der Waals surface area contributed by atoms with Crippen molar-refractivity contribution in [1.82, 2.24) is 20.2 Å². The first kappa shape index (κ1) is 22.5. The summed E-state index contributed by atoms with van der Waals surface area (Å²) in [5, 5.41) is 8.76. The number of carbonyl (C=O) groups is 3. The third-order valence-corrected chi connectivity index (χ3v) is 7.62. The summed E-state index contributed by atoms with van der Waals surface area (Å²) in [6.07, 6.45) is 12.7. The highest BCUT2D eigenvalue weighted by molar-refractivity contribution is 7.10. The number of hydrogen-bond acceptors (Lipinski definition) is 6. The van der Waals surface area contributed by atoms with Gasteiger partial charge in [0.25, 0.3) is 0 Å². The average Bonchev–Trinajstić information content (AvgIpc) is 3.28. The van der Waals surface area contributed by atoms with E-state index in [1.165, 1.54) is 5.57 Å². The van der Waals surface area contributed by atoms with Gasteiger partial charge in [-0.25, -0.2) is 9.97 Å². The molecule has 1 unspecified atom stereocenters. The summed E-state index contributed by atoms with van der Waals surface area (Å²) in [4.78, 5) is 47.9. The van der Waals surface area contributed by atoms with Crippen molar-refractivity contribution in [2.75, 3.05) is 25.0 Å². The molecule has 0 aromatic carbocycles. The standard InChI is InChI=1S/C25H27N5O3S/c31-20-3-6-25(7-8-26-20)15-19-13-18(16-28-23(19)29-24(25)33)1-2-22(32)30-10-4-17(5-11-30)14-21-27-9-12-34-21/h1-2,9,12-14,16H,3-8,10-11,15H2,(H,26,31)(H,28,29,33)/b2-1+. The van der Waals surface area contributed by atoms with Gasteiger partial charge >= 0.3 is 0 Å². The Kier molecular flexibility index (Phi) is 6.28. The van der Waals surface area contributed by atoms with Crippen LogP contribution in [-0.2, 0) is 20.8 Å². The molecule has 8 nitrogen and oxygen atoms in total. The Morgan fingerprint density at radius 1 is 1.15 bits per heavy atom. The lowest BCUT2D eigenvalue weighted by molar-refractivity contribution is -0.127. The van der Waals surface area contributed by atoms with Gasteiger partial charge < -0.3 is 15.5 Å². The lowest BCUT2D eigenvalue weighted by Gasteiger charge is -2.35. The predicted octanol–water partition coefficient (Wildman–Crippen LogP) is 3.04. The number of pyridine rings is 1. The summed E-state index contributed by atoms with van der Waals surface area (Å²) in [6, 6.07) is 1.98. The number of nitrogens with one attached hydrogen (secondary N) is 2. The van der Waals surface area contributed by atoms with Crippen molar-refractivity contribution >= 4 is 47.0 Å². The number of piperidine rings is 1. The number of thiazole rings is 1. The topological polar surface area (TPSA) is 104 Å². The fraction of sp³-hybridized carbons (Fsp3) is 0.400. The van der Waals surface area contributed by atoms with E-state index in [2.05, 4.69) is 26.7 Å². The van der Waals surface area contributed by atoms with Gasteiger partial charge in [0.2, 0.25) is 17.7 Å². The molecule has 0 saturated carbocycles. The SMILES string of the molecule is O=C1CCC2(CCN1)Cc1cc(/C=C/C(=O)N3CCC(=Cc4nccs4)CC3)cnc1NC2=O. The molecule has 0 aliphatic carbocycles. The molecule has 3 amide bonds. The Morgan fingerprint density at radius 3 is 2.79 bits per heavy atom. The van der Waals surface area contributed by atoms with Crippen molar-refractivity contribution in [3.05, 3.63) is 51.6 Å². The molecule has 176 valence electrons. The van der Waals surface area contributed by atoms with Gasteiger partial charge in [-0.1, -0.05) is 5.57 Å². The van der Waals surface area contributed by atoms with Crippen LogP contribution in [0.4, 0.5) is 5.82 Å². The average molecular weight is 478 g/mol. The van der Waals surface area contributed by atoms with Crippen molar-refractivity contribution < 1.29 is 14.4 Å². The molecular weight excluding hydrogens is 450 g/mol. The lowest BCUT2D eigenvalue weighted by Crippen LogP contribution is -2.42. The fourth-order valence-corrected chi connectivity index (χ4v) is 5.49. The predicted molar refractivity (Wildman–Crippen MR) is 131 cm³/mol. The number of rotatable bonds is 3. The van der Waals surface area contributed by atoms with Crippen LogP contribution in [-0.4, -0.2) is 52.2 Å². The minimum absolute atomic E-state index is 0.00712. The van der Waals surface area contributed by atoms with E-state index in [4.69, 9.17) is 0 Å². The highest BCUT2D eigenvalue weighted by Gasteiger charge is 2.43. The Bertz CT molecular complexity index is 1160. The highest BCUT2D eigenvalue weighted by Crippen LogP contribution is 2.40. The molecule has 2 fully saturated rings. The van der Waals surface area contributed by atoms with Crippen LogP contribution in [0.5, 0.6) is 0 Å². The first-order valence-electron chi connectivity index (χ1n) is 11.6. The van der Waals surface area contributed by atoms with Gasteiger partial charge in [-0.3, -0.25) is 14.4 Å². The Balaban J connectivity index is 1.23. The lowest BCUT2D eigenvalue weighted by atomic mass is 9.73. The van der Waals surface area contributed by atoms with Crippen molar-refractivity contribution in [2.24, 2.45) is 5.41 Å². The van der Waals surface area contributed by atoms with E-state index < -0.39 is 5.41 Å².